The Morgan fingerprint density at radius 1 is 1.20 bits per heavy atom. The van der Waals surface area contributed by atoms with E-state index in [4.69, 9.17) is 26.8 Å². The lowest BCUT2D eigenvalue weighted by molar-refractivity contribution is -0.119. The average molecular weight is 431 g/mol. The van der Waals surface area contributed by atoms with E-state index >= 15 is 0 Å². The summed E-state index contributed by atoms with van der Waals surface area (Å²) in [6, 6.07) is 11.7. The fraction of sp³-hybridized carbons (Fsp3) is 0.391. The van der Waals surface area contributed by atoms with E-state index in [1.807, 2.05) is 4.90 Å². The molecule has 2 amide bonds. The lowest BCUT2D eigenvalue weighted by Gasteiger charge is -2.24. The van der Waals surface area contributed by atoms with Crippen LogP contribution in [0, 0.1) is 0 Å². The fourth-order valence-corrected chi connectivity index (χ4v) is 3.52. The molecule has 0 atom stereocenters. The van der Waals surface area contributed by atoms with Crippen molar-refractivity contribution in [3.8, 4) is 11.5 Å². The molecule has 0 unspecified atom stereocenters. The van der Waals surface area contributed by atoms with Gasteiger partial charge in [-0.3, -0.25) is 9.59 Å². The number of hydrogen-bond donors (Lipinski definition) is 1. The second kappa shape index (κ2) is 9.39. The molecule has 160 valence electrons. The minimum absolute atomic E-state index is 0.118. The number of hydrogen-bond acceptors (Lipinski definition) is 4. The van der Waals surface area contributed by atoms with Crippen LogP contribution < -0.4 is 15.2 Å². The lowest BCUT2D eigenvalue weighted by Crippen LogP contribution is -2.32. The first-order chi connectivity index (χ1) is 14.3. The maximum atomic E-state index is 13.3. The molecule has 2 N–H and O–H groups in total. The zero-order chi connectivity index (χ0) is 21.8. The van der Waals surface area contributed by atoms with Crippen molar-refractivity contribution >= 4 is 23.4 Å². The van der Waals surface area contributed by atoms with Gasteiger partial charge in [0.2, 0.25) is 0 Å². The van der Waals surface area contributed by atoms with Crippen molar-refractivity contribution in [3.63, 3.8) is 0 Å². The summed E-state index contributed by atoms with van der Waals surface area (Å²) in [4.78, 5) is 26.2. The Morgan fingerprint density at radius 3 is 2.40 bits per heavy atom. The monoisotopic (exact) mass is 430 g/mol. The van der Waals surface area contributed by atoms with Gasteiger partial charge in [-0.1, -0.05) is 49.7 Å². The minimum Gasteiger partial charge on any atom is -0.493 e. The van der Waals surface area contributed by atoms with E-state index in [1.165, 1.54) is 12.7 Å². The van der Waals surface area contributed by atoms with Crippen LogP contribution in [0.3, 0.4) is 0 Å². The summed E-state index contributed by atoms with van der Waals surface area (Å²) in [5, 5.41) is 0.191. The van der Waals surface area contributed by atoms with Gasteiger partial charge in [-0.15, -0.1) is 0 Å². The highest BCUT2D eigenvalue weighted by Gasteiger charge is 2.33. The smallest absolute Gasteiger partial charge is 0.255 e. The van der Waals surface area contributed by atoms with Crippen LogP contribution in [0.5, 0.6) is 11.5 Å². The van der Waals surface area contributed by atoms with Crippen LogP contribution in [0.15, 0.2) is 36.4 Å². The molecule has 0 bridgehead atoms. The molecule has 30 heavy (non-hydrogen) atoms. The van der Waals surface area contributed by atoms with Gasteiger partial charge in [0.15, 0.2) is 18.1 Å². The number of carbonyl (C=O) groups excluding carboxylic acids is 2. The molecule has 1 aliphatic rings. The first kappa shape index (κ1) is 22.0. The topological polar surface area (TPSA) is 81.9 Å². The number of carbonyl (C=O) groups is 2. The number of benzene rings is 2. The van der Waals surface area contributed by atoms with E-state index in [0.717, 1.165) is 18.4 Å². The summed E-state index contributed by atoms with van der Waals surface area (Å²) >= 11 is 6.32. The highest BCUT2D eigenvalue weighted by molar-refractivity contribution is 6.32. The Labute approximate surface area is 181 Å². The molecule has 7 heteroatoms. The molecule has 2 aromatic rings. The minimum atomic E-state index is -0.628. The van der Waals surface area contributed by atoms with Crippen LogP contribution in [-0.2, 0) is 11.3 Å². The molecule has 0 aliphatic heterocycles. The van der Waals surface area contributed by atoms with E-state index in [-0.39, 0.29) is 35.1 Å². The van der Waals surface area contributed by atoms with E-state index in [1.54, 1.807) is 12.1 Å². The number of primary amides is 1. The lowest BCUT2D eigenvalue weighted by atomic mass is 10.0. The Hall–Kier alpha value is -2.73. The van der Waals surface area contributed by atoms with Crippen molar-refractivity contribution in [3.05, 3.63) is 58.1 Å². The Balaban J connectivity index is 1.83. The average Bonchev–Trinajstić information content (AvgIpc) is 3.55. The van der Waals surface area contributed by atoms with E-state index < -0.39 is 5.91 Å². The van der Waals surface area contributed by atoms with E-state index in [2.05, 4.69) is 38.1 Å². The molecule has 1 aliphatic carbocycles. The fourth-order valence-electron chi connectivity index (χ4n) is 3.25. The molecular formula is C23H27ClN2O4. The summed E-state index contributed by atoms with van der Waals surface area (Å²) in [6.45, 7) is 4.51. The quantitative estimate of drug-likeness (QED) is 0.648. The summed E-state index contributed by atoms with van der Waals surface area (Å²) in [7, 11) is 1.45. The summed E-state index contributed by atoms with van der Waals surface area (Å²) in [5.41, 5.74) is 7.89. The van der Waals surface area contributed by atoms with Gasteiger partial charge in [-0.25, -0.2) is 0 Å². The number of rotatable bonds is 9. The summed E-state index contributed by atoms with van der Waals surface area (Å²) in [6.07, 6.45) is 1.97. The van der Waals surface area contributed by atoms with Crippen molar-refractivity contribution in [1.82, 2.24) is 4.90 Å². The van der Waals surface area contributed by atoms with Crippen molar-refractivity contribution < 1.29 is 19.1 Å². The van der Waals surface area contributed by atoms with Crippen LogP contribution in [-0.4, -0.2) is 36.5 Å². The van der Waals surface area contributed by atoms with Crippen LogP contribution in [0.1, 0.15) is 54.1 Å². The summed E-state index contributed by atoms with van der Waals surface area (Å²) in [5.74, 6) is 0.190. The van der Waals surface area contributed by atoms with E-state index in [0.29, 0.717) is 18.0 Å². The molecule has 3 rings (SSSR count). The van der Waals surface area contributed by atoms with Gasteiger partial charge in [-0.05, 0) is 42.0 Å². The number of methoxy groups -OCH3 is 1. The third-order valence-corrected chi connectivity index (χ3v) is 5.36. The van der Waals surface area contributed by atoms with Gasteiger partial charge < -0.3 is 20.1 Å². The number of ether oxygens (including phenoxy) is 2. The zero-order valence-corrected chi connectivity index (χ0v) is 18.2. The predicted molar refractivity (Wildman–Crippen MR) is 116 cm³/mol. The van der Waals surface area contributed by atoms with Crippen LogP contribution in [0.2, 0.25) is 5.02 Å². The van der Waals surface area contributed by atoms with Crippen LogP contribution in [0.25, 0.3) is 0 Å². The molecule has 0 saturated heterocycles. The molecule has 1 saturated carbocycles. The zero-order valence-electron chi connectivity index (χ0n) is 17.5. The molecule has 0 heterocycles. The standard InChI is InChI=1S/C23H27ClN2O4/c1-14(2)16-6-4-15(5-7-16)12-26(18-8-9-18)23(28)17-10-19(24)22(20(11-17)29-3)30-13-21(25)27/h4-7,10-11,14,18H,8-9,12-13H2,1-3H3,(H2,25,27). The summed E-state index contributed by atoms with van der Waals surface area (Å²) < 4.78 is 10.7. The maximum Gasteiger partial charge on any atom is 0.255 e. The van der Waals surface area contributed by atoms with Gasteiger partial charge in [0.25, 0.3) is 11.8 Å². The predicted octanol–water partition coefficient (Wildman–Crippen LogP) is 4.14. The molecule has 0 aromatic heterocycles. The normalized spacial score (nSPS) is 13.2. The van der Waals surface area contributed by atoms with Gasteiger partial charge in [-0.2, -0.15) is 0 Å². The molecule has 2 aromatic carbocycles. The second-order valence-electron chi connectivity index (χ2n) is 7.80. The van der Waals surface area contributed by atoms with Crippen LogP contribution >= 0.6 is 11.6 Å². The van der Waals surface area contributed by atoms with E-state index in [9.17, 15) is 9.59 Å². The third-order valence-electron chi connectivity index (χ3n) is 5.08. The SMILES string of the molecule is COc1cc(C(=O)N(Cc2ccc(C(C)C)cc2)C2CC2)cc(Cl)c1OCC(N)=O. The highest BCUT2D eigenvalue weighted by atomic mass is 35.5. The first-order valence-corrected chi connectivity index (χ1v) is 10.4. The van der Waals surface area contributed by atoms with Gasteiger partial charge in [0.05, 0.1) is 12.1 Å². The maximum absolute atomic E-state index is 13.3. The number of nitrogens with two attached hydrogens (primary N) is 1. The molecule has 1 fully saturated rings. The Bertz CT molecular complexity index is 924. The molecule has 6 nitrogen and oxygen atoms in total. The number of halogens is 1. The highest BCUT2D eigenvalue weighted by Crippen LogP contribution is 2.38. The number of amides is 2. The second-order valence-corrected chi connectivity index (χ2v) is 8.21. The Morgan fingerprint density at radius 2 is 1.87 bits per heavy atom. The van der Waals surface area contributed by atoms with Gasteiger partial charge >= 0.3 is 0 Å². The first-order valence-electron chi connectivity index (χ1n) is 9.98. The molecule has 0 spiro atoms. The van der Waals surface area contributed by atoms with Crippen LogP contribution in [0.4, 0.5) is 0 Å². The van der Waals surface area contributed by atoms with Crippen molar-refractivity contribution in [2.45, 2.75) is 45.2 Å². The third kappa shape index (κ3) is 5.25. The Kier molecular flexibility index (Phi) is 6.87. The largest absolute Gasteiger partial charge is 0.493 e. The van der Waals surface area contributed by atoms with Gasteiger partial charge in [0.1, 0.15) is 0 Å². The molecule has 0 radical (unpaired) electrons. The van der Waals surface area contributed by atoms with Crippen molar-refractivity contribution in [2.24, 2.45) is 5.73 Å². The van der Waals surface area contributed by atoms with Crippen molar-refractivity contribution in [2.75, 3.05) is 13.7 Å². The van der Waals surface area contributed by atoms with Gasteiger partial charge in [0, 0.05) is 18.2 Å². The molecular weight excluding hydrogens is 404 g/mol. The number of nitrogens with zero attached hydrogens (tertiary/aromatic N) is 1. The van der Waals surface area contributed by atoms with Crippen molar-refractivity contribution in [1.29, 1.82) is 0 Å².